The summed E-state index contributed by atoms with van der Waals surface area (Å²) >= 11 is 4.97. The van der Waals surface area contributed by atoms with Crippen LogP contribution >= 0.6 is 27.7 Å². The number of halogens is 1. The number of hydrogen-bond donors (Lipinski definition) is 0. The second-order valence-corrected chi connectivity index (χ2v) is 5.99. The van der Waals surface area contributed by atoms with Crippen molar-refractivity contribution in [1.29, 1.82) is 0 Å². The van der Waals surface area contributed by atoms with Crippen LogP contribution in [0.5, 0.6) is 5.75 Å². The van der Waals surface area contributed by atoms with Crippen molar-refractivity contribution in [3.63, 3.8) is 0 Å². The van der Waals surface area contributed by atoms with Crippen LogP contribution in [-0.4, -0.2) is 17.3 Å². The first kappa shape index (κ1) is 14.9. The van der Waals surface area contributed by atoms with Gasteiger partial charge in [0.1, 0.15) is 5.75 Å². The standard InChI is InChI=1S/C14H12BrNO3S/c15-11-1-5-13(6-2-11)19-9-10-20-14-7-3-12(4-8-14)16(17)18/h1-8H,9-10H2. The third-order valence-electron chi connectivity index (χ3n) is 2.48. The normalized spacial score (nSPS) is 10.2. The van der Waals surface area contributed by atoms with Crippen molar-refractivity contribution in [2.24, 2.45) is 0 Å². The quantitative estimate of drug-likeness (QED) is 0.331. The maximum Gasteiger partial charge on any atom is 0.269 e. The molecule has 2 aromatic rings. The number of ether oxygens (including phenoxy) is 1. The van der Waals surface area contributed by atoms with E-state index in [0.717, 1.165) is 20.9 Å². The van der Waals surface area contributed by atoms with Crippen molar-refractivity contribution in [2.75, 3.05) is 12.4 Å². The number of thioether (sulfide) groups is 1. The lowest BCUT2D eigenvalue weighted by Gasteiger charge is -2.06. The maximum absolute atomic E-state index is 10.5. The van der Waals surface area contributed by atoms with Gasteiger partial charge in [0.05, 0.1) is 11.5 Å². The van der Waals surface area contributed by atoms with Crippen LogP contribution in [0.1, 0.15) is 0 Å². The summed E-state index contributed by atoms with van der Waals surface area (Å²) in [5.41, 5.74) is 0.112. The van der Waals surface area contributed by atoms with Crippen molar-refractivity contribution in [1.82, 2.24) is 0 Å². The summed E-state index contributed by atoms with van der Waals surface area (Å²) in [6.07, 6.45) is 0. The molecule has 0 unspecified atom stereocenters. The van der Waals surface area contributed by atoms with Gasteiger partial charge >= 0.3 is 0 Å². The second-order valence-electron chi connectivity index (χ2n) is 3.90. The molecule has 0 atom stereocenters. The topological polar surface area (TPSA) is 52.4 Å². The van der Waals surface area contributed by atoms with Crippen LogP contribution in [0.15, 0.2) is 57.9 Å². The van der Waals surface area contributed by atoms with Gasteiger partial charge in [0, 0.05) is 27.3 Å². The number of nitro groups is 1. The largest absolute Gasteiger partial charge is 0.493 e. The Kier molecular flexibility index (Phi) is 5.43. The predicted octanol–water partition coefficient (Wildman–Crippen LogP) is 4.53. The molecule has 20 heavy (non-hydrogen) atoms. The van der Waals surface area contributed by atoms with E-state index in [-0.39, 0.29) is 5.69 Å². The Morgan fingerprint density at radius 3 is 2.35 bits per heavy atom. The highest BCUT2D eigenvalue weighted by atomic mass is 79.9. The van der Waals surface area contributed by atoms with E-state index in [1.165, 1.54) is 12.1 Å². The highest BCUT2D eigenvalue weighted by Gasteiger charge is 2.04. The fraction of sp³-hybridized carbons (Fsp3) is 0.143. The molecule has 0 heterocycles. The van der Waals surface area contributed by atoms with Crippen LogP contribution < -0.4 is 4.74 Å². The van der Waals surface area contributed by atoms with E-state index in [1.54, 1.807) is 23.9 Å². The molecule has 104 valence electrons. The number of non-ortho nitro benzene ring substituents is 1. The van der Waals surface area contributed by atoms with Gasteiger partial charge in [-0.25, -0.2) is 0 Å². The van der Waals surface area contributed by atoms with E-state index >= 15 is 0 Å². The summed E-state index contributed by atoms with van der Waals surface area (Å²) in [4.78, 5) is 11.1. The lowest BCUT2D eigenvalue weighted by atomic mass is 10.3. The minimum Gasteiger partial charge on any atom is -0.493 e. The van der Waals surface area contributed by atoms with E-state index in [9.17, 15) is 10.1 Å². The average Bonchev–Trinajstić information content (AvgIpc) is 2.46. The zero-order valence-electron chi connectivity index (χ0n) is 10.5. The Bertz CT molecular complexity index is 572. The van der Waals surface area contributed by atoms with Gasteiger partial charge in [0.15, 0.2) is 0 Å². The minimum absolute atomic E-state index is 0.112. The van der Waals surface area contributed by atoms with Crippen molar-refractivity contribution in [3.05, 3.63) is 63.1 Å². The van der Waals surface area contributed by atoms with Crippen LogP contribution in [-0.2, 0) is 0 Å². The fourth-order valence-corrected chi connectivity index (χ4v) is 2.51. The van der Waals surface area contributed by atoms with Gasteiger partial charge in [-0.05, 0) is 36.4 Å². The zero-order chi connectivity index (χ0) is 14.4. The number of nitro benzene ring substituents is 1. The first-order valence-corrected chi connectivity index (χ1v) is 7.68. The van der Waals surface area contributed by atoms with Crippen molar-refractivity contribution in [3.8, 4) is 5.75 Å². The lowest BCUT2D eigenvalue weighted by Crippen LogP contribution is -1.99. The van der Waals surface area contributed by atoms with Crippen molar-refractivity contribution >= 4 is 33.4 Å². The molecule has 0 spiro atoms. The van der Waals surface area contributed by atoms with Gasteiger partial charge in [0.2, 0.25) is 0 Å². The van der Waals surface area contributed by atoms with Crippen molar-refractivity contribution < 1.29 is 9.66 Å². The molecule has 6 heteroatoms. The molecule has 0 fully saturated rings. The van der Waals surface area contributed by atoms with Gasteiger partial charge in [-0.15, -0.1) is 11.8 Å². The van der Waals surface area contributed by atoms with E-state index in [4.69, 9.17) is 4.74 Å². The molecular formula is C14H12BrNO3S. The first-order valence-electron chi connectivity index (χ1n) is 5.91. The molecule has 0 N–H and O–H groups in total. The van der Waals surface area contributed by atoms with Gasteiger partial charge in [-0.3, -0.25) is 10.1 Å². The summed E-state index contributed by atoms with van der Waals surface area (Å²) in [5, 5.41) is 10.5. The third-order valence-corrected chi connectivity index (χ3v) is 3.99. The molecule has 0 saturated heterocycles. The Morgan fingerprint density at radius 1 is 1.10 bits per heavy atom. The molecule has 0 aromatic heterocycles. The predicted molar refractivity (Wildman–Crippen MR) is 83.5 cm³/mol. The Hall–Kier alpha value is -1.53. The van der Waals surface area contributed by atoms with Crippen molar-refractivity contribution in [2.45, 2.75) is 4.90 Å². The van der Waals surface area contributed by atoms with E-state index in [1.807, 2.05) is 24.3 Å². The number of hydrogen-bond acceptors (Lipinski definition) is 4. The van der Waals surface area contributed by atoms with Gasteiger partial charge in [-0.1, -0.05) is 15.9 Å². The van der Waals surface area contributed by atoms with E-state index < -0.39 is 4.92 Å². The van der Waals surface area contributed by atoms with Crippen LogP contribution in [0, 0.1) is 10.1 Å². The lowest BCUT2D eigenvalue weighted by molar-refractivity contribution is -0.384. The maximum atomic E-state index is 10.5. The first-order chi connectivity index (χ1) is 9.65. The fourth-order valence-electron chi connectivity index (χ4n) is 1.51. The Labute approximate surface area is 129 Å². The van der Waals surface area contributed by atoms with Crippen LogP contribution in [0.3, 0.4) is 0 Å². The third kappa shape index (κ3) is 4.54. The number of nitrogens with zero attached hydrogens (tertiary/aromatic N) is 1. The summed E-state index contributed by atoms with van der Waals surface area (Å²) in [6.45, 7) is 0.587. The average molecular weight is 354 g/mol. The molecule has 0 aliphatic heterocycles. The Balaban J connectivity index is 1.75. The SMILES string of the molecule is O=[N+]([O-])c1ccc(SCCOc2ccc(Br)cc2)cc1. The summed E-state index contributed by atoms with van der Waals surface area (Å²) in [6, 6.07) is 14.2. The number of benzene rings is 2. The minimum atomic E-state index is -0.398. The van der Waals surface area contributed by atoms with Crippen LogP contribution in [0.4, 0.5) is 5.69 Å². The monoisotopic (exact) mass is 353 g/mol. The highest BCUT2D eigenvalue weighted by Crippen LogP contribution is 2.22. The van der Waals surface area contributed by atoms with E-state index in [0.29, 0.717) is 6.61 Å². The molecule has 0 radical (unpaired) electrons. The number of rotatable bonds is 6. The van der Waals surface area contributed by atoms with E-state index in [2.05, 4.69) is 15.9 Å². The molecule has 0 aliphatic carbocycles. The molecule has 0 bridgehead atoms. The van der Waals surface area contributed by atoms with Gasteiger partial charge in [0.25, 0.3) is 5.69 Å². The van der Waals surface area contributed by atoms with Gasteiger partial charge in [-0.2, -0.15) is 0 Å². The smallest absolute Gasteiger partial charge is 0.269 e. The summed E-state index contributed by atoms with van der Waals surface area (Å²) in [5.74, 6) is 1.62. The molecule has 2 rings (SSSR count). The summed E-state index contributed by atoms with van der Waals surface area (Å²) in [7, 11) is 0. The Morgan fingerprint density at radius 2 is 1.75 bits per heavy atom. The summed E-state index contributed by atoms with van der Waals surface area (Å²) < 4.78 is 6.61. The van der Waals surface area contributed by atoms with Crippen LogP contribution in [0.2, 0.25) is 0 Å². The molecule has 2 aromatic carbocycles. The molecule has 0 saturated carbocycles. The highest BCUT2D eigenvalue weighted by molar-refractivity contribution is 9.10. The molecule has 0 aliphatic rings. The molecular weight excluding hydrogens is 342 g/mol. The second kappa shape index (κ2) is 7.31. The van der Waals surface area contributed by atoms with Crippen LogP contribution in [0.25, 0.3) is 0 Å². The molecule has 0 amide bonds. The van der Waals surface area contributed by atoms with Gasteiger partial charge < -0.3 is 4.74 Å². The molecule has 4 nitrogen and oxygen atoms in total. The zero-order valence-corrected chi connectivity index (χ0v) is 12.9.